The van der Waals surface area contributed by atoms with Crippen LogP contribution in [0.15, 0.2) is 30.7 Å². The molecule has 2 aromatic heterocycles. The minimum atomic E-state index is -4.35. The Morgan fingerprint density at radius 3 is 2.56 bits per heavy atom. The van der Waals surface area contributed by atoms with Gasteiger partial charge < -0.3 is 0 Å². The molecule has 2 aromatic rings. The van der Waals surface area contributed by atoms with E-state index in [-0.39, 0.29) is 0 Å². The van der Waals surface area contributed by atoms with Gasteiger partial charge in [0.2, 0.25) is 0 Å². The summed E-state index contributed by atoms with van der Waals surface area (Å²) in [7, 11) is 0. The van der Waals surface area contributed by atoms with Crippen molar-refractivity contribution < 1.29 is 13.2 Å². The van der Waals surface area contributed by atoms with Crippen LogP contribution in [-0.2, 0) is 12.6 Å². The van der Waals surface area contributed by atoms with Crippen molar-refractivity contribution >= 4 is 0 Å². The highest BCUT2D eigenvalue weighted by Gasteiger charge is 2.30. The maximum Gasteiger partial charge on any atom is 0.417 e. The average molecular weight is 255 g/mol. The third-order valence-electron chi connectivity index (χ3n) is 2.51. The van der Waals surface area contributed by atoms with E-state index in [1.54, 1.807) is 17.0 Å². The Kier molecular flexibility index (Phi) is 3.36. The Morgan fingerprint density at radius 1 is 1.22 bits per heavy atom. The number of pyridine rings is 1. The normalized spacial score (nSPS) is 11.8. The van der Waals surface area contributed by atoms with Gasteiger partial charge in [-0.3, -0.25) is 4.57 Å². The minimum Gasteiger partial charge on any atom is -0.288 e. The lowest BCUT2D eigenvalue weighted by Crippen LogP contribution is -2.07. The molecular formula is C12H12F3N3. The van der Waals surface area contributed by atoms with Crippen molar-refractivity contribution in [3.8, 4) is 5.82 Å². The Labute approximate surface area is 102 Å². The summed E-state index contributed by atoms with van der Waals surface area (Å²) in [4.78, 5) is 7.99. The van der Waals surface area contributed by atoms with E-state index in [1.807, 2.05) is 6.92 Å². The summed E-state index contributed by atoms with van der Waals surface area (Å²) in [5, 5.41) is 0. The summed E-state index contributed by atoms with van der Waals surface area (Å²) in [6.45, 7) is 2.01. The first-order valence-electron chi connectivity index (χ1n) is 5.58. The van der Waals surface area contributed by atoms with Gasteiger partial charge in [0.25, 0.3) is 0 Å². The molecule has 0 aliphatic heterocycles. The van der Waals surface area contributed by atoms with E-state index in [4.69, 9.17) is 0 Å². The SMILES string of the molecule is CCCc1nccn1-c1ccc(C(F)(F)F)cn1. The summed E-state index contributed by atoms with van der Waals surface area (Å²) in [6.07, 6.45) is 1.47. The van der Waals surface area contributed by atoms with Crippen LogP contribution in [0.5, 0.6) is 0 Å². The summed E-state index contributed by atoms with van der Waals surface area (Å²) < 4.78 is 38.9. The number of hydrogen-bond donors (Lipinski definition) is 0. The van der Waals surface area contributed by atoms with Gasteiger partial charge >= 0.3 is 6.18 Å². The Bertz CT molecular complexity index is 514. The largest absolute Gasteiger partial charge is 0.417 e. The number of alkyl halides is 3. The van der Waals surface area contributed by atoms with Crippen molar-refractivity contribution in [3.05, 3.63) is 42.1 Å². The highest BCUT2D eigenvalue weighted by molar-refractivity contribution is 5.28. The maximum absolute atomic E-state index is 12.4. The summed E-state index contributed by atoms with van der Waals surface area (Å²) in [6, 6.07) is 2.38. The highest BCUT2D eigenvalue weighted by Crippen LogP contribution is 2.28. The summed E-state index contributed by atoms with van der Waals surface area (Å²) >= 11 is 0. The molecule has 0 bridgehead atoms. The second-order valence-corrected chi connectivity index (χ2v) is 3.87. The third-order valence-corrected chi connectivity index (χ3v) is 2.51. The third kappa shape index (κ3) is 2.52. The first-order chi connectivity index (χ1) is 8.52. The molecule has 3 nitrogen and oxygen atoms in total. The number of aromatic nitrogens is 3. The molecule has 2 rings (SSSR count). The lowest BCUT2D eigenvalue weighted by Gasteiger charge is -2.09. The van der Waals surface area contributed by atoms with Gasteiger partial charge in [0.15, 0.2) is 0 Å². The van der Waals surface area contributed by atoms with Crippen LogP contribution in [0.4, 0.5) is 13.2 Å². The molecule has 0 saturated carbocycles. The van der Waals surface area contributed by atoms with Gasteiger partial charge in [0.1, 0.15) is 11.6 Å². The predicted octanol–water partition coefficient (Wildman–Crippen LogP) is 3.24. The molecule has 96 valence electrons. The van der Waals surface area contributed by atoms with Crippen LogP contribution < -0.4 is 0 Å². The molecule has 0 atom stereocenters. The molecule has 0 N–H and O–H groups in total. The number of imidazole rings is 1. The van der Waals surface area contributed by atoms with Gasteiger partial charge in [-0.2, -0.15) is 13.2 Å². The number of aryl methyl sites for hydroxylation is 1. The summed E-state index contributed by atoms with van der Waals surface area (Å²) in [5.41, 5.74) is -0.747. The van der Waals surface area contributed by atoms with Crippen LogP contribution in [-0.4, -0.2) is 14.5 Å². The van der Waals surface area contributed by atoms with Gasteiger partial charge in [-0.15, -0.1) is 0 Å². The van der Waals surface area contributed by atoms with E-state index >= 15 is 0 Å². The highest BCUT2D eigenvalue weighted by atomic mass is 19.4. The minimum absolute atomic E-state index is 0.448. The van der Waals surface area contributed by atoms with E-state index in [2.05, 4.69) is 9.97 Å². The van der Waals surface area contributed by atoms with Crippen molar-refractivity contribution in [1.29, 1.82) is 0 Å². The maximum atomic E-state index is 12.4. The van der Waals surface area contributed by atoms with Crippen LogP contribution in [0.2, 0.25) is 0 Å². The van der Waals surface area contributed by atoms with Crippen LogP contribution >= 0.6 is 0 Å². The molecule has 0 saturated heterocycles. The zero-order valence-electron chi connectivity index (χ0n) is 9.78. The molecule has 0 amide bonds. The van der Waals surface area contributed by atoms with Crippen molar-refractivity contribution in [2.24, 2.45) is 0 Å². The van der Waals surface area contributed by atoms with Crippen molar-refractivity contribution in [2.75, 3.05) is 0 Å². The molecule has 0 aliphatic carbocycles. The van der Waals surface area contributed by atoms with Crippen molar-refractivity contribution in [3.63, 3.8) is 0 Å². The van der Waals surface area contributed by atoms with E-state index in [9.17, 15) is 13.2 Å². The van der Waals surface area contributed by atoms with Gasteiger partial charge in [-0.25, -0.2) is 9.97 Å². The second-order valence-electron chi connectivity index (χ2n) is 3.87. The molecule has 0 fully saturated rings. The van der Waals surface area contributed by atoms with Crippen LogP contribution in [0, 0.1) is 0 Å². The molecule has 0 unspecified atom stereocenters. The van der Waals surface area contributed by atoms with Crippen molar-refractivity contribution in [1.82, 2.24) is 14.5 Å². The van der Waals surface area contributed by atoms with Gasteiger partial charge in [-0.05, 0) is 18.6 Å². The first kappa shape index (κ1) is 12.6. The zero-order valence-corrected chi connectivity index (χ0v) is 9.78. The Morgan fingerprint density at radius 2 is 2.00 bits per heavy atom. The van der Waals surface area contributed by atoms with Crippen molar-refractivity contribution in [2.45, 2.75) is 25.9 Å². The second kappa shape index (κ2) is 4.80. The van der Waals surface area contributed by atoms with E-state index in [0.29, 0.717) is 5.82 Å². The number of nitrogens with zero attached hydrogens (tertiary/aromatic N) is 3. The predicted molar refractivity (Wildman–Crippen MR) is 60.4 cm³/mol. The van der Waals surface area contributed by atoms with Crippen LogP contribution in [0.25, 0.3) is 5.82 Å². The Hall–Kier alpha value is -1.85. The fraction of sp³-hybridized carbons (Fsp3) is 0.333. The van der Waals surface area contributed by atoms with E-state index < -0.39 is 11.7 Å². The molecule has 2 heterocycles. The monoisotopic (exact) mass is 255 g/mol. The molecular weight excluding hydrogens is 243 g/mol. The molecule has 6 heteroatoms. The fourth-order valence-electron chi connectivity index (χ4n) is 1.65. The number of hydrogen-bond acceptors (Lipinski definition) is 2. The molecule has 18 heavy (non-hydrogen) atoms. The van der Waals surface area contributed by atoms with Gasteiger partial charge in [-0.1, -0.05) is 6.92 Å². The van der Waals surface area contributed by atoms with Crippen LogP contribution in [0.3, 0.4) is 0 Å². The van der Waals surface area contributed by atoms with Gasteiger partial charge in [0.05, 0.1) is 5.56 Å². The average Bonchev–Trinajstić information content (AvgIpc) is 2.77. The lowest BCUT2D eigenvalue weighted by molar-refractivity contribution is -0.137. The lowest BCUT2D eigenvalue weighted by atomic mass is 10.2. The molecule has 0 radical (unpaired) electrons. The first-order valence-corrected chi connectivity index (χ1v) is 5.58. The number of halogens is 3. The summed E-state index contributed by atoms with van der Waals surface area (Å²) in [5.74, 6) is 1.24. The Balaban J connectivity index is 2.32. The van der Waals surface area contributed by atoms with E-state index in [0.717, 1.165) is 30.9 Å². The molecule has 0 aromatic carbocycles. The standard InChI is InChI=1S/C12H12F3N3/c1-2-3-10-16-6-7-18(10)11-5-4-9(8-17-11)12(13,14)15/h4-8H,2-3H2,1H3. The molecule has 0 aliphatic rings. The fourth-order valence-corrected chi connectivity index (χ4v) is 1.65. The topological polar surface area (TPSA) is 30.7 Å². The van der Waals surface area contributed by atoms with Gasteiger partial charge in [0, 0.05) is 25.0 Å². The number of rotatable bonds is 3. The zero-order chi connectivity index (χ0) is 13.2. The smallest absolute Gasteiger partial charge is 0.288 e. The quantitative estimate of drug-likeness (QED) is 0.843. The van der Waals surface area contributed by atoms with E-state index in [1.165, 1.54) is 6.07 Å². The van der Waals surface area contributed by atoms with Crippen LogP contribution in [0.1, 0.15) is 24.7 Å². The molecule has 0 spiro atoms.